The third-order valence-corrected chi connectivity index (χ3v) is 10.5. The van der Waals surface area contributed by atoms with Gasteiger partial charge in [-0.2, -0.15) is 10.5 Å². The van der Waals surface area contributed by atoms with E-state index in [1.165, 1.54) is 42.5 Å². The average Bonchev–Trinajstić information content (AvgIpc) is 3.92. The molecule has 4 aromatic rings. The lowest BCUT2D eigenvalue weighted by Crippen LogP contribution is -2.31. The second kappa shape index (κ2) is 19.4. The minimum Gasteiger partial charge on any atom is -0.456 e. The highest BCUT2D eigenvalue weighted by atomic mass is 32.2. The van der Waals surface area contributed by atoms with E-state index < -0.39 is 33.7 Å². The molecular formula is C40H44N8O9S. The molecule has 18 heteroatoms. The van der Waals surface area contributed by atoms with Crippen LogP contribution in [0.5, 0.6) is 0 Å². The van der Waals surface area contributed by atoms with E-state index in [1.807, 2.05) is 12.1 Å². The van der Waals surface area contributed by atoms with Crippen LogP contribution in [-0.2, 0) is 24.3 Å². The number of nitrogens with zero attached hydrogens (tertiary/aromatic N) is 5. The molecule has 3 amide bonds. The smallest absolute Gasteiger partial charge is 0.303 e. The Morgan fingerprint density at radius 1 is 0.724 bits per heavy atom. The van der Waals surface area contributed by atoms with Gasteiger partial charge in [-0.1, -0.05) is 0 Å². The topological polar surface area (TPSA) is 231 Å². The highest BCUT2D eigenvalue weighted by Gasteiger charge is 2.22. The fraction of sp³-hybridized carbons (Fsp3) is 0.350. The number of rotatable bonds is 11. The van der Waals surface area contributed by atoms with Crippen molar-refractivity contribution < 1.29 is 41.2 Å². The Hall–Kier alpha value is -6.79. The van der Waals surface area contributed by atoms with E-state index in [0.717, 1.165) is 82.3 Å². The highest BCUT2D eigenvalue weighted by Crippen LogP contribution is 2.34. The molecule has 2 aromatic carbocycles. The van der Waals surface area contributed by atoms with Crippen molar-refractivity contribution in [2.24, 2.45) is 0 Å². The number of esters is 1. The van der Waals surface area contributed by atoms with Gasteiger partial charge in [-0.05, 0) is 99.2 Å². The Morgan fingerprint density at radius 2 is 1.21 bits per heavy atom. The number of carbonyl (C=O) groups excluding carboxylic acids is 4. The molecule has 0 radical (unpaired) electrons. The summed E-state index contributed by atoms with van der Waals surface area (Å²) in [5, 5.41) is 26.0. The molecule has 2 aromatic heterocycles. The molecule has 0 atom stereocenters. The molecule has 0 unspecified atom stereocenters. The molecule has 2 aliphatic heterocycles. The zero-order chi connectivity index (χ0) is 41.8. The maximum atomic E-state index is 12.5. The predicted octanol–water partition coefficient (Wildman–Crippen LogP) is 5.69. The van der Waals surface area contributed by atoms with Gasteiger partial charge in [-0.3, -0.25) is 23.5 Å². The number of piperidine rings is 2. The standard InChI is InChI=1S/C21H22N4O5.C19H22N4O4S/c1-14(26)29-13-20(27)23-15-5-7-17(18(11-15)25-9-3-2-4-10-25)24-21(28)19-8-6-16(12-22)30-19;1-22(28(2,25)26)14-6-8-16(17(12-14)23-10-4-3-5-11-23)21-19(24)18-9-7-15(13-20)27-18/h5-8,11H,2-4,9-10,13H2,1H3,(H,23,27)(H,24,28);6-9,12H,3-5,10-11H2,1-2H3,(H,21,24). The molecule has 4 heterocycles. The van der Waals surface area contributed by atoms with Gasteiger partial charge in [0.1, 0.15) is 12.1 Å². The number of sulfonamides is 1. The fourth-order valence-electron chi connectivity index (χ4n) is 6.29. The number of furan rings is 2. The van der Waals surface area contributed by atoms with E-state index in [9.17, 15) is 27.6 Å². The maximum absolute atomic E-state index is 12.5. The first-order chi connectivity index (χ1) is 27.7. The van der Waals surface area contributed by atoms with E-state index in [-0.39, 0.29) is 29.6 Å². The second-order valence-electron chi connectivity index (χ2n) is 13.5. The number of amides is 3. The summed E-state index contributed by atoms with van der Waals surface area (Å²) in [7, 11) is -1.91. The molecule has 0 saturated carbocycles. The first-order valence-electron chi connectivity index (χ1n) is 18.5. The minimum absolute atomic E-state index is 0.0369. The first kappa shape index (κ1) is 42.4. The van der Waals surface area contributed by atoms with Crippen LogP contribution in [0.2, 0.25) is 0 Å². The van der Waals surface area contributed by atoms with Crippen molar-refractivity contribution in [1.29, 1.82) is 10.5 Å². The third-order valence-electron chi connectivity index (χ3n) is 9.30. The van der Waals surface area contributed by atoms with Crippen LogP contribution in [0.1, 0.15) is 78.1 Å². The Balaban J connectivity index is 0.000000221. The molecule has 304 valence electrons. The van der Waals surface area contributed by atoms with E-state index in [2.05, 4.69) is 25.8 Å². The number of benzene rings is 2. The molecule has 6 rings (SSSR count). The van der Waals surface area contributed by atoms with Crippen LogP contribution in [-0.4, -0.2) is 78.2 Å². The Kier molecular flexibility index (Phi) is 14.2. The van der Waals surface area contributed by atoms with Gasteiger partial charge in [0.05, 0.1) is 34.7 Å². The van der Waals surface area contributed by atoms with E-state index in [4.69, 9.17) is 24.1 Å². The van der Waals surface area contributed by atoms with Crippen molar-refractivity contribution in [1.82, 2.24) is 0 Å². The van der Waals surface area contributed by atoms with Gasteiger partial charge in [-0.15, -0.1) is 0 Å². The maximum Gasteiger partial charge on any atom is 0.303 e. The summed E-state index contributed by atoms with van der Waals surface area (Å²) in [6, 6.07) is 19.7. The Morgan fingerprint density at radius 3 is 1.66 bits per heavy atom. The summed E-state index contributed by atoms with van der Waals surface area (Å²) < 4.78 is 40.1. The number of anilines is 6. The molecule has 2 saturated heterocycles. The second-order valence-corrected chi connectivity index (χ2v) is 15.6. The van der Waals surface area contributed by atoms with E-state index >= 15 is 0 Å². The normalized spacial score (nSPS) is 13.8. The van der Waals surface area contributed by atoms with Crippen LogP contribution in [0.4, 0.5) is 34.1 Å². The zero-order valence-electron chi connectivity index (χ0n) is 32.4. The molecule has 58 heavy (non-hydrogen) atoms. The lowest BCUT2D eigenvalue weighted by atomic mass is 10.1. The zero-order valence-corrected chi connectivity index (χ0v) is 33.2. The van der Waals surface area contributed by atoms with Gasteiger partial charge < -0.3 is 39.3 Å². The predicted molar refractivity (Wildman–Crippen MR) is 216 cm³/mol. The summed E-state index contributed by atoms with van der Waals surface area (Å²) in [6.07, 6.45) is 7.55. The number of ether oxygens (including phenoxy) is 1. The van der Waals surface area contributed by atoms with Crippen LogP contribution in [0.25, 0.3) is 0 Å². The molecule has 3 N–H and O–H groups in total. The van der Waals surface area contributed by atoms with E-state index in [1.54, 1.807) is 36.4 Å². The van der Waals surface area contributed by atoms with Crippen molar-refractivity contribution in [2.45, 2.75) is 45.4 Å². The average molecular weight is 813 g/mol. The summed E-state index contributed by atoms with van der Waals surface area (Å²) in [5.41, 5.74) is 3.69. The highest BCUT2D eigenvalue weighted by molar-refractivity contribution is 7.92. The number of hydrogen-bond donors (Lipinski definition) is 3. The van der Waals surface area contributed by atoms with Crippen LogP contribution in [0, 0.1) is 22.7 Å². The molecule has 2 aliphatic rings. The van der Waals surface area contributed by atoms with Gasteiger partial charge in [0.15, 0.2) is 18.1 Å². The van der Waals surface area contributed by atoms with E-state index in [0.29, 0.717) is 22.7 Å². The SMILES string of the molecule is CC(=O)OCC(=O)Nc1ccc(NC(=O)c2ccc(C#N)o2)c(N2CCCCC2)c1.CN(c1ccc(NC(=O)c2ccc(C#N)o2)c(N2CCCCC2)c1)S(C)(=O)=O. The molecular weight excluding hydrogens is 769 g/mol. The summed E-state index contributed by atoms with van der Waals surface area (Å²) in [4.78, 5) is 52.2. The number of nitrogens with one attached hydrogen (secondary N) is 3. The quantitative estimate of drug-likeness (QED) is 0.155. The number of hydrogen-bond acceptors (Lipinski definition) is 13. The van der Waals surface area contributed by atoms with Crippen LogP contribution in [0.3, 0.4) is 0 Å². The minimum atomic E-state index is -3.40. The molecule has 0 spiro atoms. The number of carbonyl (C=O) groups is 4. The van der Waals surface area contributed by atoms with Crippen LogP contribution < -0.4 is 30.1 Å². The van der Waals surface area contributed by atoms with Gasteiger partial charge >= 0.3 is 5.97 Å². The number of nitriles is 2. The lowest BCUT2D eigenvalue weighted by molar-refractivity contribution is -0.144. The Labute approximate surface area is 336 Å². The van der Waals surface area contributed by atoms with Gasteiger partial charge in [0.2, 0.25) is 21.5 Å². The largest absolute Gasteiger partial charge is 0.456 e. The van der Waals surface area contributed by atoms with Crippen molar-refractivity contribution in [3.63, 3.8) is 0 Å². The molecule has 17 nitrogen and oxygen atoms in total. The van der Waals surface area contributed by atoms with Gasteiger partial charge in [0.25, 0.3) is 17.7 Å². The first-order valence-corrected chi connectivity index (χ1v) is 20.4. The summed E-state index contributed by atoms with van der Waals surface area (Å²) in [6.45, 7) is 4.17. The summed E-state index contributed by atoms with van der Waals surface area (Å²) >= 11 is 0. The van der Waals surface area contributed by atoms with Gasteiger partial charge in [0, 0.05) is 45.8 Å². The van der Waals surface area contributed by atoms with Crippen LogP contribution >= 0.6 is 0 Å². The monoisotopic (exact) mass is 812 g/mol. The molecule has 2 fully saturated rings. The van der Waals surface area contributed by atoms with Crippen molar-refractivity contribution in [3.8, 4) is 12.1 Å². The third kappa shape index (κ3) is 11.4. The fourth-order valence-corrected chi connectivity index (χ4v) is 6.79. The van der Waals surface area contributed by atoms with Crippen molar-refractivity contribution in [3.05, 3.63) is 83.7 Å². The lowest BCUT2D eigenvalue weighted by Gasteiger charge is -2.31. The Bertz CT molecular complexity index is 2330. The van der Waals surface area contributed by atoms with Crippen molar-refractivity contribution >= 4 is 67.8 Å². The molecule has 0 bridgehead atoms. The van der Waals surface area contributed by atoms with Gasteiger partial charge in [-0.25, -0.2) is 8.42 Å². The molecule has 0 aliphatic carbocycles. The van der Waals surface area contributed by atoms with Crippen LogP contribution in [0.15, 0.2) is 69.5 Å². The summed E-state index contributed by atoms with van der Waals surface area (Å²) in [5.74, 6) is -1.73. The van der Waals surface area contributed by atoms with Crippen molar-refractivity contribution in [2.75, 3.05) is 76.1 Å².